The average molecular weight is 338 g/mol. The fourth-order valence-electron chi connectivity index (χ4n) is 2.11. The Labute approximate surface area is 143 Å². The van der Waals surface area contributed by atoms with Gasteiger partial charge < -0.3 is 14.8 Å². The summed E-state index contributed by atoms with van der Waals surface area (Å²) in [4.78, 5) is 0. The lowest BCUT2D eigenvalue weighted by atomic mass is 10.1. The van der Waals surface area contributed by atoms with Crippen LogP contribution in [0.3, 0.4) is 0 Å². The fourth-order valence-corrected chi connectivity index (χ4v) is 3.19. The van der Waals surface area contributed by atoms with Crippen molar-refractivity contribution in [3.05, 3.63) is 35.9 Å². The molecule has 1 aromatic carbocycles. The summed E-state index contributed by atoms with van der Waals surface area (Å²) in [6.45, 7) is 13.7. The Hall–Kier alpha value is -0.683. The van der Waals surface area contributed by atoms with Crippen LogP contribution in [0, 0.1) is 0 Å². The Morgan fingerprint density at radius 1 is 1.13 bits per heavy atom. The van der Waals surface area contributed by atoms with Gasteiger partial charge in [0.05, 0.1) is 6.10 Å². The van der Waals surface area contributed by atoms with Crippen LogP contribution >= 0.6 is 0 Å². The topological polar surface area (TPSA) is 41.5 Å². The zero-order valence-electron chi connectivity index (χ0n) is 15.6. The zero-order chi connectivity index (χ0) is 17.3. The van der Waals surface area contributed by atoms with E-state index in [1.165, 1.54) is 5.56 Å². The molecule has 1 unspecified atom stereocenters. The number of rotatable bonds is 10. The van der Waals surface area contributed by atoms with Gasteiger partial charge in [0.15, 0.2) is 8.32 Å². The second-order valence-electron chi connectivity index (χ2n) is 7.87. The van der Waals surface area contributed by atoms with Gasteiger partial charge in [0.25, 0.3) is 0 Å². The van der Waals surface area contributed by atoms with Gasteiger partial charge in [-0.1, -0.05) is 51.1 Å². The van der Waals surface area contributed by atoms with E-state index >= 15 is 0 Å². The Kier molecular flexibility index (Phi) is 8.48. The highest BCUT2D eigenvalue weighted by Crippen LogP contribution is 2.36. The van der Waals surface area contributed by atoms with Crippen molar-refractivity contribution in [3.63, 3.8) is 0 Å². The van der Waals surface area contributed by atoms with Gasteiger partial charge in [-0.25, -0.2) is 0 Å². The third-order valence-electron chi connectivity index (χ3n) is 4.75. The minimum Gasteiger partial charge on any atom is -0.417 e. The van der Waals surface area contributed by atoms with Crippen LogP contribution in [0.2, 0.25) is 18.1 Å². The van der Waals surface area contributed by atoms with Crippen LogP contribution in [-0.4, -0.2) is 32.7 Å². The molecule has 0 spiro atoms. The van der Waals surface area contributed by atoms with Gasteiger partial charge >= 0.3 is 0 Å². The summed E-state index contributed by atoms with van der Waals surface area (Å²) in [5, 5.41) is 13.6. The number of hydrogen-bond donors (Lipinski definition) is 2. The largest absolute Gasteiger partial charge is 0.417 e. The molecule has 0 saturated heterocycles. The molecule has 0 bridgehead atoms. The first-order chi connectivity index (χ1) is 10.7. The van der Waals surface area contributed by atoms with Crippen LogP contribution in [0.15, 0.2) is 30.3 Å². The summed E-state index contributed by atoms with van der Waals surface area (Å²) in [6.07, 6.45) is 2.61. The maximum absolute atomic E-state index is 10.0. The van der Waals surface area contributed by atoms with Crippen molar-refractivity contribution in [1.29, 1.82) is 0 Å². The van der Waals surface area contributed by atoms with E-state index in [0.717, 1.165) is 32.4 Å². The number of hydrogen-bond acceptors (Lipinski definition) is 3. The molecule has 0 aliphatic rings. The molecule has 0 aromatic heterocycles. The molecule has 23 heavy (non-hydrogen) atoms. The maximum Gasteiger partial charge on any atom is 0.191 e. The molecule has 0 amide bonds. The minimum atomic E-state index is -1.62. The van der Waals surface area contributed by atoms with Gasteiger partial charge in [-0.15, -0.1) is 0 Å². The van der Waals surface area contributed by atoms with Crippen LogP contribution in [-0.2, 0) is 11.0 Å². The number of unbranched alkanes of at least 4 members (excludes halogenated alkanes) is 1. The summed E-state index contributed by atoms with van der Waals surface area (Å²) in [6, 6.07) is 10.3. The van der Waals surface area contributed by atoms with Crippen LogP contribution < -0.4 is 5.32 Å². The normalized spacial score (nSPS) is 14.0. The fraction of sp³-hybridized carbons (Fsp3) is 0.684. The van der Waals surface area contributed by atoms with Crippen molar-refractivity contribution in [2.24, 2.45) is 0 Å². The van der Waals surface area contributed by atoms with E-state index in [9.17, 15) is 5.11 Å². The Balaban J connectivity index is 2.07. The molecule has 2 N–H and O–H groups in total. The molecule has 132 valence electrons. The highest BCUT2D eigenvalue weighted by atomic mass is 28.4. The summed E-state index contributed by atoms with van der Waals surface area (Å²) >= 11 is 0. The van der Waals surface area contributed by atoms with E-state index in [1.807, 2.05) is 18.2 Å². The quantitative estimate of drug-likeness (QED) is 0.493. The number of aliphatic hydroxyl groups excluding tert-OH is 1. The van der Waals surface area contributed by atoms with E-state index in [0.29, 0.717) is 6.54 Å². The minimum absolute atomic E-state index is 0.272. The predicted molar refractivity (Wildman–Crippen MR) is 101 cm³/mol. The van der Waals surface area contributed by atoms with E-state index in [2.05, 4.69) is 51.3 Å². The van der Waals surface area contributed by atoms with Gasteiger partial charge in [0, 0.05) is 19.7 Å². The van der Waals surface area contributed by atoms with Gasteiger partial charge in [-0.05, 0) is 43.0 Å². The molecule has 1 aromatic rings. The second kappa shape index (κ2) is 9.57. The number of nitrogens with one attached hydrogen (secondary N) is 1. The lowest BCUT2D eigenvalue weighted by Crippen LogP contribution is -2.41. The highest BCUT2D eigenvalue weighted by Gasteiger charge is 2.36. The highest BCUT2D eigenvalue weighted by molar-refractivity contribution is 6.74. The van der Waals surface area contributed by atoms with Gasteiger partial charge in [-0.3, -0.25) is 0 Å². The molecule has 0 saturated carbocycles. The third-order valence-corrected chi connectivity index (χ3v) is 9.29. The van der Waals surface area contributed by atoms with E-state index in [4.69, 9.17) is 4.43 Å². The first-order valence-electron chi connectivity index (χ1n) is 8.79. The van der Waals surface area contributed by atoms with E-state index < -0.39 is 8.32 Å². The molecule has 0 aliphatic carbocycles. The van der Waals surface area contributed by atoms with Crippen LogP contribution in [0.4, 0.5) is 0 Å². The molecule has 1 atom stereocenters. The molecular weight excluding hydrogens is 302 g/mol. The van der Waals surface area contributed by atoms with Gasteiger partial charge in [0.1, 0.15) is 0 Å². The van der Waals surface area contributed by atoms with Gasteiger partial charge in [-0.2, -0.15) is 0 Å². The lowest BCUT2D eigenvalue weighted by Gasteiger charge is -2.36. The SMILES string of the molecule is CC(C)(C)[Si](C)(C)OCCCCC(O)CNCc1ccccc1. The van der Waals surface area contributed by atoms with Crippen molar-refractivity contribution < 1.29 is 9.53 Å². The molecule has 3 nitrogen and oxygen atoms in total. The monoisotopic (exact) mass is 337 g/mol. The summed E-state index contributed by atoms with van der Waals surface area (Å²) in [7, 11) is -1.62. The van der Waals surface area contributed by atoms with Crippen molar-refractivity contribution in [3.8, 4) is 0 Å². The molecule has 4 heteroatoms. The number of aliphatic hydroxyl groups is 1. The van der Waals surface area contributed by atoms with Crippen LogP contribution in [0.25, 0.3) is 0 Å². The van der Waals surface area contributed by atoms with Crippen LogP contribution in [0.5, 0.6) is 0 Å². The van der Waals surface area contributed by atoms with Crippen LogP contribution in [0.1, 0.15) is 45.6 Å². The standard InChI is InChI=1S/C19H35NO2Si/c1-19(2,3)23(4,5)22-14-10-9-13-18(21)16-20-15-17-11-7-6-8-12-17/h6-8,11-12,18,20-21H,9-10,13-16H2,1-5H3. The zero-order valence-corrected chi connectivity index (χ0v) is 16.6. The lowest BCUT2D eigenvalue weighted by molar-refractivity contribution is 0.154. The van der Waals surface area contributed by atoms with Crippen molar-refractivity contribution >= 4 is 8.32 Å². The predicted octanol–water partition coefficient (Wildman–Crippen LogP) is 4.33. The Morgan fingerprint density at radius 3 is 2.39 bits per heavy atom. The number of benzene rings is 1. The van der Waals surface area contributed by atoms with Gasteiger partial charge in [0.2, 0.25) is 0 Å². The second-order valence-corrected chi connectivity index (χ2v) is 12.7. The molecule has 0 radical (unpaired) electrons. The van der Waals surface area contributed by atoms with E-state index in [-0.39, 0.29) is 11.1 Å². The first-order valence-corrected chi connectivity index (χ1v) is 11.7. The molecule has 1 rings (SSSR count). The summed E-state index contributed by atoms with van der Waals surface area (Å²) in [5.41, 5.74) is 1.25. The third kappa shape index (κ3) is 8.11. The Bertz CT molecular complexity index is 429. The average Bonchev–Trinajstić information content (AvgIpc) is 2.46. The van der Waals surface area contributed by atoms with Crippen molar-refractivity contribution in [2.45, 2.75) is 70.8 Å². The smallest absolute Gasteiger partial charge is 0.191 e. The van der Waals surface area contributed by atoms with E-state index in [1.54, 1.807) is 0 Å². The summed E-state index contributed by atoms with van der Waals surface area (Å²) in [5.74, 6) is 0. The summed E-state index contributed by atoms with van der Waals surface area (Å²) < 4.78 is 6.16. The molecular formula is C19H35NO2Si. The maximum atomic E-state index is 10.0. The van der Waals surface area contributed by atoms with Crippen molar-refractivity contribution in [2.75, 3.05) is 13.2 Å². The molecule has 0 heterocycles. The molecule has 0 fully saturated rings. The van der Waals surface area contributed by atoms with Crippen molar-refractivity contribution in [1.82, 2.24) is 5.32 Å². The first kappa shape index (κ1) is 20.4. The Morgan fingerprint density at radius 2 is 1.78 bits per heavy atom. The molecule has 0 aliphatic heterocycles.